The summed E-state index contributed by atoms with van der Waals surface area (Å²) in [5.41, 5.74) is 1.84. The van der Waals surface area contributed by atoms with Gasteiger partial charge in [-0.2, -0.15) is 0 Å². The molecule has 2 aromatic carbocycles. The Labute approximate surface area is 181 Å². The molecule has 3 rings (SSSR count). The van der Waals surface area contributed by atoms with Gasteiger partial charge in [-0.15, -0.1) is 0 Å². The molecule has 2 atom stereocenters. The van der Waals surface area contributed by atoms with E-state index in [1.807, 2.05) is 30.3 Å². The number of halogens is 1. The molecule has 2 aromatic rings. The third-order valence-electron chi connectivity index (χ3n) is 5.23. The molecule has 1 saturated heterocycles. The molecule has 0 radical (unpaired) electrons. The fraction of sp³-hybridized carbons (Fsp3) is 0.333. The summed E-state index contributed by atoms with van der Waals surface area (Å²) >= 11 is 0. The molecule has 1 aliphatic heterocycles. The number of hydrogen-bond acceptors (Lipinski definition) is 5. The van der Waals surface area contributed by atoms with Crippen molar-refractivity contribution in [1.29, 1.82) is 0 Å². The third kappa shape index (κ3) is 6.57. The second kappa shape index (κ2) is 11.2. The van der Waals surface area contributed by atoms with E-state index in [0.717, 1.165) is 11.1 Å². The van der Waals surface area contributed by atoms with Crippen molar-refractivity contribution in [2.24, 2.45) is 5.92 Å². The second-order valence-corrected chi connectivity index (χ2v) is 7.35. The van der Waals surface area contributed by atoms with E-state index in [4.69, 9.17) is 14.2 Å². The maximum absolute atomic E-state index is 13.4. The summed E-state index contributed by atoms with van der Waals surface area (Å²) in [6.07, 6.45) is 0.886. The van der Waals surface area contributed by atoms with Crippen molar-refractivity contribution < 1.29 is 28.2 Å². The van der Waals surface area contributed by atoms with Gasteiger partial charge in [-0.25, -0.2) is 14.0 Å². The van der Waals surface area contributed by atoms with Gasteiger partial charge in [0, 0.05) is 19.0 Å². The lowest BCUT2D eigenvalue weighted by molar-refractivity contribution is 0.0275. The highest BCUT2D eigenvalue weighted by molar-refractivity contribution is 5.68. The van der Waals surface area contributed by atoms with Crippen molar-refractivity contribution in [2.45, 2.75) is 18.9 Å². The monoisotopic (exact) mass is 427 g/mol. The van der Waals surface area contributed by atoms with Crippen molar-refractivity contribution >= 4 is 12.2 Å². The van der Waals surface area contributed by atoms with E-state index in [-0.39, 0.29) is 37.5 Å². The standard InChI is InChI=1S/C24H26FNO5/c1-2-14-29-24(28)31-17-20-15-26(23(27)30-16-18-6-4-3-5-7-18)13-12-22(20)19-8-10-21(25)11-9-19/h2-11,20,22H,1,12-17H2/t20-,22-/m0/s1. The molecule has 0 aromatic heterocycles. The Balaban J connectivity index is 1.64. The molecule has 6 nitrogen and oxygen atoms in total. The highest BCUT2D eigenvalue weighted by Crippen LogP contribution is 2.34. The van der Waals surface area contributed by atoms with Crippen molar-refractivity contribution in [2.75, 3.05) is 26.3 Å². The Hall–Kier alpha value is -3.35. The molecule has 1 aliphatic rings. The smallest absolute Gasteiger partial charge is 0.445 e. The van der Waals surface area contributed by atoms with Crippen LogP contribution in [0.25, 0.3) is 0 Å². The van der Waals surface area contributed by atoms with E-state index in [2.05, 4.69) is 6.58 Å². The molecule has 1 fully saturated rings. The molecule has 0 saturated carbocycles. The Morgan fingerprint density at radius 2 is 1.81 bits per heavy atom. The van der Waals surface area contributed by atoms with Crippen LogP contribution in [0.4, 0.5) is 14.0 Å². The second-order valence-electron chi connectivity index (χ2n) is 7.35. The zero-order valence-corrected chi connectivity index (χ0v) is 17.2. The van der Waals surface area contributed by atoms with Crippen LogP contribution >= 0.6 is 0 Å². The van der Waals surface area contributed by atoms with Crippen molar-refractivity contribution in [3.05, 3.63) is 84.2 Å². The minimum Gasteiger partial charge on any atom is -0.445 e. The largest absolute Gasteiger partial charge is 0.508 e. The average molecular weight is 427 g/mol. The van der Waals surface area contributed by atoms with Crippen LogP contribution in [-0.2, 0) is 20.8 Å². The fourth-order valence-electron chi connectivity index (χ4n) is 3.67. The van der Waals surface area contributed by atoms with Crippen LogP contribution in [0, 0.1) is 11.7 Å². The van der Waals surface area contributed by atoms with Crippen molar-refractivity contribution in [1.82, 2.24) is 4.90 Å². The third-order valence-corrected chi connectivity index (χ3v) is 5.23. The van der Waals surface area contributed by atoms with Crippen LogP contribution in [-0.4, -0.2) is 43.5 Å². The van der Waals surface area contributed by atoms with Gasteiger partial charge in [-0.05, 0) is 35.6 Å². The van der Waals surface area contributed by atoms with Gasteiger partial charge in [0.25, 0.3) is 0 Å². The lowest BCUT2D eigenvalue weighted by Gasteiger charge is -2.38. The number of nitrogens with zero attached hydrogens (tertiary/aromatic N) is 1. The van der Waals surface area contributed by atoms with Crippen LogP contribution in [0.1, 0.15) is 23.5 Å². The first-order valence-corrected chi connectivity index (χ1v) is 10.2. The van der Waals surface area contributed by atoms with Gasteiger partial charge >= 0.3 is 12.2 Å². The zero-order chi connectivity index (χ0) is 22.1. The summed E-state index contributed by atoms with van der Waals surface area (Å²) in [4.78, 5) is 26.0. The molecule has 0 bridgehead atoms. The van der Waals surface area contributed by atoms with Crippen LogP contribution in [0.5, 0.6) is 0 Å². The van der Waals surface area contributed by atoms with Crippen LogP contribution in [0.3, 0.4) is 0 Å². The molecular formula is C24H26FNO5. The van der Waals surface area contributed by atoms with E-state index in [9.17, 15) is 14.0 Å². The zero-order valence-electron chi connectivity index (χ0n) is 17.2. The summed E-state index contributed by atoms with van der Waals surface area (Å²) in [6.45, 7) is 4.65. The van der Waals surface area contributed by atoms with Gasteiger partial charge in [-0.3, -0.25) is 0 Å². The molecule has 1 amide bonds. The minimum atomic E-state index is -0.790. The number of likely N-dealkylation sites (tertiary alicyclic amines) is 1. The number of rotatable bonds is 7. The summed E-state index contributed by atoms with van der Waals surface area (Å²) in [7, 11) is 0. The number of carbonyl (C=O) groups is 2. The molecule has 164 valence electrons. The van der Waals surface area contributed by atoms with Crippen LogP contribution in [0.15, 0.2) is 67.3 Å². The number of carbonyl (C=O) groups excluding carboxylic acids is 2. The molecule has 0 N–H and O–H groups in total. The lowest BCUT2D eigenvalue weighted by atomic mass is 9.81. The van der Waals surface area contributed by atoms with E-state index in [1.54, 1.807) is 17.0 Å². The Kier molecular flexibility index (Phi) is 8.04. The molecule has 0 unspecified atom stereocenters. The predicted octanol–water partition coefficient (Wildman–Crippen LogP) is 4.91. The maximum atomic E-state index is 13.4. The van der Waals surface area contributed by atoms with Gasteiger partial charge in [0.05, 0.1) is 0 Å². The van der Waals surface area contributed by atoms with E-state index in [0.29, 0.717) is 19.5 Å². The Morgan fingerprint density at radius 3 is 2.52 bits per heavy atom. The number of ether oxygens (including phenoxy) is 3. The van der Waals surface area contributed by atoms with Gasteiger partial charge in [0.1, 0.15) is 25.6 Å². The summed E-state index contributed by atoms with van der Waals surface area (Å²) in [5.74, 6) is -0.489. The van der Waals surface area contributed by atoms with Gasteiger partial charge in [0.2, 0.25) is 0 Å². The van der Waals surface area contributed by atoms with Crippen molar-refractivity contribution in [3.63, 3.8) is 0 Å². The van der Waals surface area contributed by atoms with E-state index < -0.39 is 12.2 Å². The predicted molar refractivity (Wildman–Crippen MR) is 113 cm³/mol. The summed E-state index contributed by atoms with van der Waals surface area (Å²) in [6, 6.07) is 15.7. The minimum absolute atomic E-state index is 0.00553. The lowest BCUT2D eigenvalue weighted by Crippen LogP contribution is -2.45. The SMILES string of the molecule is C=CCOC(=O)OC[C@@H]1CN(C(=O)OCc2ccccc2)CC[C@H]1c1ccc(F)cc1. The highest BCUT2D eigenvalue weighted by atomic mass is 19.1. The molecule has 1 heterocycles. The van der Waals surface area contributed by atoms with Gasteiger partial charge in [-0.1, -0.05) is 55.1 Å². The van der Waals surface area contributed by atoms with Crippen LogP contribution in [0.2, 0.25) is 0 Å². The highest BCUT2D eigenvalue weighted by Gasteiger charge is 2.34. The molecule has 0 spiro atoms. The first-order valence-electron chi connectivity index (χ1n) is 10.2. The molecule has 7 heteroatoms. The maximum Gasteiger partial charge on any atom is 0.508 e. The topological polar surface area (TPSA) is 65.1 Å². The molecule has 31 heavy (non-hydrogen) atoms. The van der Waals surface area contributed by atoms with Crippen LogP contribution < -0.4 is 0 Å². The summed E-state index contributed by atoms with van der Waals surface area (Å²) in [5, 5.41) is 0. The van der Waals surface area contributed by atoms with Gasteiger partial charge < -0.3 is 19.1 Å². The number of piperidine rings is 1. The fourth-order valence-corrected chi connectivity index (χ4v) is 3.67. The van der Waals surface area contributed by atoms with Crippen molar-refractivity contribution in [3.8, 4) is 0 Å². The Morgan fingerprint density at radius 1 is 1.06 bits per heavy atom. The number of hydrogen-bond donors (Lipinski definition) is 0. The first kappa shape index (κ1) is 22.3. The van der Waals surface area contributed by atoms with E-state index >= 15 is 0 Å². The summed E-state index contributed by atoms with van der Waals surface area (Å²) < 4.78 is 28.9. The quantitative estimate of drug-likeness (QED) is 0.464. The molecular weight excluding hydrogens is 401 g/mol. The normalized spacial score (nSPS) is 18.2. The number of amides is 1. The molecule has 0 aliphatic carbocycles. The Bertz CT molecular complexity index is 871. The average Bonchev–Trinajstić information content (AvgIpc) is 2.81. The number of benzene rings is 2. The van der Waals surface area contributed by atoms with E-state index in [1.165, 1.54) is 18.2 Å². The first-order chi connectivity index (χ1) is 15.1. The van der Waals surface area contributed by atoms with Gasteiger partial charge in [0.15, 0.2) is 0 Å².